The quantitative estimate of drug-likeness (QED) is 0.778. The minimum Gasteiger partial charge on any atom is -0.463 e. The molecule has 0 saturated heterocycles. The standard InChI is InChI=1S/C12H12O5/c1-2-16-11(15)12(7-13)9-6-4-3-5-8(9)10(14)17-12/h3-6,13H,2,7H2,1H3. The molecule has 1 atom stereocenters. The van der Waals surface area contributed by atoms with Crippen LogP contribution in [0.15, 0.2) is 24.3 Å². The number of hydrogen-bond donors (Lipinski definition) is 1. The summed E-state index contributed by atoms with van der Waals surface area (Å²) in [6.45, 7) is 1.17. The molecule has 0 radical (unpaired) electrons. The summed E-state index contributed by atoms with van der Waals surface area (Å²) in [6.07, 6.45) is 0. The van der Waals surface area contributed by atoms with E-state index in [1.54, 1.807) is 31.2 Å². The van der Waals surface area contributed by atoms with Crippen LogP contribution in [0.25, 0.3) is 0 Å². The van der Waals surface area contributed by atoms with E-state index in [0.717, 1.165) is 0 Å². The van der Waals surface area contributed by atoms with Crippen LogP contribution in [-0.4, -0.2) is 30.3 Å². The zero-order valence-electron chi connectivity index (χ0n) is 9.30. The lowest BCUT2D eigenvalue weighted by Crippen LogP contribution is -2.41. The van der Waals surface area contributed by atoms with E-state index < -0.39 is 24.1 Å². The molecular weight excluding hydrogens is 224 g/mol. The molecule has 2 rings (SSSR count). The Morgan fingerprint density at radius 2 is 2.18 bits per heavy atom. The lowest BCUT2D eigenvalue weighted by molar-refractivity contribution is -0.169. The highest BCUT2D eigenvalue weighted by atomic mass is 16.6. The van der Waals surface area contributed by atoms with Gasteiger partial charge in [-0.25, -0.2) is 9.59 Å². The second-order valence-electron chi connectivity index (χ2n) is 3.64. The van der Waals surface area contributed by atoms with Gasteiger partial charge in [0.2, 0.25) is 0 Å². The van der Waals surface area contributed by atoms with Crippen molar-refractivity contribution in [2.75, 3.05) is 13.2 Å². The molecule has 90 valence electrons. The first-order valence-electron chi connectivity index (χ1n) is 5.26. The number of aliphatic hydroxyl groups excluding tert-OH is 1. The average molecular weight is 236 g/mol. The van der Waals surface area contributed by atoms with Crippen LogP contribution in [-0.2, 0) is 19.9 Å². The SMILES string of the molecule is CCOC(=O)C1(CO)OC(=O)c2ccccc21. The first-order valence-corrected chi connectivity index (χ1v) is 5.26. The molecule has 0 spiro atoms. The minimum absolute atomic E-state index is 0.153. The van der Waals surface area contributed by atoms with Gasteiger partial charge >= 0.3 is 11.9 Å². The van der Waals surface area contributed by atoms with Gasteiger partial charge in [0.05, 0.1) is 18.8 Å². The summed E-state index contributed by atoms with van der Waals surface area (Å²) in [5, 5.41) is 9.40. The highest BCUT2D eigenvalue weighted by Crippen LogP contribution is 2.37. The Morgan fingerprint density at radius 3 is 2.82 bits per heavy atom. The molecule has 0 saturated carbocycles. The lowest BCUT2D eigenvalue weighted by atomic mass is 9.93. The van der Waals surface area contributed by atoms with Gasteiger partial charge in [0.25, 0.3) is 5.60 Å². The molecule has 0 aliphatic carbocycles. The Balaban J connectivity index is 2.51. The van der Waals surface area contributed by atoms with Crippen LogP contribution in [0.4, 0.5) is 0 Å². The third-order valence-corrected chi connectivity index (χ3v) is 2.68. The number of carbonyl (C=O) groups is 2. The molecule has 1 aliphatic heterocycles. The number of esters is 2. The third-order valence-electron chi connectivity index (χ3n) is 2.68. The van der Waals surface area contributed by atoms with Crippen LogP contribution in [0.1, 0.15) is 22.8 Å². The molecular formula is C12H12O5. The van der Waals surface area contributed by atoms with Gasteiger partial charge in [0.1, 0.15) is 0 Å². The van der Waals surface area contributed by atoms with Crippen LogP contribution in [0.3, 0.4) is 0 Å². The molecule has 1 N–H and O–H groups in total. The van der Waals surface area contributed by atoms with Gasteiger partial charge in [-0.15, -0.1) is 0 Å². The van der Waals surface area contributed by atoms with E-state index in [4.69, 9.17) is 9.47 Å². The number of fused-ring (bicyclic) bond motifs is 1. The fraction of sp³-hybridized carbons (Fsp3) is 0.333. The van der Waals surface area contributed by atoms with Crippen molar-refractivity contribution in [2.24, 2.45) is 0 Å². The molecule has 1 heterocycles. The molecule has 1 aromatic carbocycles. The van der Waals surface area contributed by atoms with Crippen molar-refractivity contribution in [2.45, 2.75) is 12.5 Å². The molecule has 5 nitrogen and oxygen atoms in total. The van der Waals surface area contributed by atoms with E-state index in [0.29, 0.717) is 5.56 Å². The highest BCUT2D eigenvalue weighted by molar-refractivity contribution is 6.00. The lowest BCUT2D eigenvalue weighted by Gasteiger charge is -2.23. The number of rotatable bonds is 3. The molecule has 5 heteroatoms. The third kappa shape index (κ3) is 1.59. The van der Waals surface area contributed by atoms with Crippen molar-refractivity contribution in [1.82, 2.24) is 0 Å². The van der Waals surface area contributed by atoms with Gasteiger partial charge in [0, 0.05) is 5.56 Å². The van der Waals surface area contributed by atoms with Crippen LogP contribution in [0.2, 0.25) is 0 Å². The summed E-state index contributed by atoms with van der Waals surface area (Å²) < 4.78 is 9.87. The van der Waals surface area contributed by atoms with Crippen molar-refractivity contribution in [3.05, 3.63) is 35.4 Å². The number of hydrogen-bond acceptors (Lipinski definition) is 5. The van der Waals surface area contributed by atoms with E-state index in [9.17, 15) is 14.7 Å². The molecule has 1 unspecified atom stereocenters. The van der Waals surface area contributed by atoms with Gasteiger partial charge < -0.3 is 14.6 Å². The Labute approximate surface area is 98.0 Å². The topological polar surface area (TPSA) is 72.8 Å². The van der Waals surface area contributed by atoms with E-state index >= 15 is 0 Å². The number of ether oxygens (including phenoxy) is 2. The van der Waals surface area contributed by atoms with Crippen molar-refractivity contribution >= 4 is 11.9 Å². The molecule has 0 amide bonds. The predicted octanol–water partition coefficient (Wildman–Crippen LogP) is 0.608. The second-order valence-corrected chi connectivity index (χ2v) is 3.64. The van der Waals surface area contributed by atoms with E-state index in [1.807, 2.05) is 0 Å². The summed E-state index contributed by atoms with van der Waals surface area (Å²) in [5.41, 5.74) is -1.07. The monoisotopic (exact) mass is 236 g/mol. The second kappa shape index (κ2) is 4.18. The zero-order chi connectivity index (χ0) is 12.5. The maximum Gasteiger partial charge on any atom is 0.357 e. The van der Waals surface area contributed by atoms with Gasteiger partial charge in [0.15, 0.2) is 0 Å². The number of aliphatic hydroxyl groups is 1. The van der Waals surface area contributed by atoms with Gasteiger partial charge in [-0.1, -0.05) is 18.2 Å². The summed E-state index contributed by atoms with van der Waals surface area (Å²) in [5.74, 6) is -1.37. The van der Waals surface area contributed by atoms with Gasteiger partial charge in [-0.05, 0) is 13.0 Å². The summed E-state index contributed by atoms with van der Waals surface area (Å²) in [7, 11) is 0. The van der Waals surface area contributed by atoms with Crippen LogP contribution in [0, 0.1) is 0 Å². The van der Waals surface area contributed by atoms with Gasteiger partial charge in [-0.2, -0.15) is 0 Å². The fourth-order valence-electron chi connectivity index (χ4n) is 1.86. The zero-order valence-corrected chi connectivity index (χ0v) is 9.30. The van der Waals surface area contributed by atoms with E-state index in [-0.39, 0.29) is 12.2 Å². The summed E-state index contributed by atoms with van der Waals surface area (Å²) in [6, 6.07) is 6.46. The number of benzene rings is 1. The van der Waals surface area contributed by atoms with Gasteiger partial charge in [-0.3, -0.25) is 0 Å². The van der Waals surface area contributed by atoms with E-state index in [2.05, 4.69) is 0 Å². The maximum atomic E-state index is 11.8. The summed E-state index contributed by atoms with van der Waals surface area (Å²) >= 11 is 0. The Kier molecular flexibility index (Phi) is 2.85. The smallest absolute Gasteiger partial charge is 0.357 e. The highest BCUT2D eigenvalue weighted by Gasteiger charge is 2.52. The Bertz CT molecular complexity index is 468. The number of carbonyl (C=O) groups excluding carboxylic acids is 2. The number of cyclic esters (lactones) is 1. The normalized spacial score (nSPS) is 21.9. The fourth-order valence-corrected chi connectivity index (χ4v) is 1.86. The maximum absolute atomic E-state index is 11.8. The molecule has 0 bridgehead atoms. The molecule has 1 aromatic rings. The van der Waals surface area contributed by atoms with Crippen molar-refractivity contribution in [3.63, 3.8) is 0 Å². The predicted molar refractivity (Wildman–Crippen MR) is 57.3 cm³/mol. The molecule has 1 aliphatic rings. The van der Waals surface area contributed by atoms with Crippen LogP contribution in [0.5, 0.6) is 0 Å². The van der Waals surface area contributed by atoms with Crippen molar-refractivity contribution in [3.8, 4) is 0 Å². The Hall–Kier alpha value is -1.88. The van der Waals surface area contributed by atoms with E-state index in [1.165, 1.54) is 0 Å². The summed E-state index contributed by atoms with van der Waals surface area (Å²) in [4.78, 5) is 23.5. The first kappa shape index (κ1) is 11.6. The first-order chi connectivity index (χ1) is 8.15. The average Bonchev–Trinajstić information content (AvgIpc) is 2.65. The molecule has 17 heavy (non-hydrogen) atoms. The molecule has 0 aromatic heterocycles. The van der Waals surface area contributed by atoms with Crippen molar-refractivity contribution in [1.29, 1.82) is 0 Å². The largest absolute Gasteiger partial charge is 0.463 e. The Morgan fingerprint density at radius 1 is 1.47 bits per heavy atom. The molecule has 0 fully saturated rings. The van der Waals surface area contributed by atoms with Crippen LogP contribution >= 0.6 is 0 Å². The van der Waals surface area contributed by atoms with Crippen LogP contribution < -0.4 is 0 Å². The minimum atomic E-state index is -1.70. The van der Waals surface area contributed by atoms with Crippen molar-refractivity contribution < 1.29 is 24.2 Å².